The molecule has 0 radical (unpaired) electrons. The van der Waals surface area contributed by atoms with Gasteiger partial charge in [0.1, 0.15) is 5.75 Å². The maximum absolute atomic E-state index is 12.1. The summed E-state index contributed by atoms with van der Waals surface area (Å²) in [5.41, 5.74) is 1.36. The lowest BCUT2D eigenvalue weighted by molar-refractivity contribution is -0.127. The van der Waals surface area contributed by atoms with Gasteiger partial charge in [0, 0.05) is 17.8 Å². The highest BCUT2D eigenvalue weighted by molar-refractivity contribution is 9.09. The smallest absolute Gasteiger partial charge is 0.261 e. The zero-order valence-corrected chi connectivity index (χ0v) is 13.9. The van der Waals surface area contributed by atoms with E-state index >= 15 is 0 Å². The van der Waals surface area contributed by atoms with E-state index in [1.165, 1.54) is 0 Å². The van der Waals surface area contributed by atoms with Gasteiger partial charge < -0.3 is 10.1 Å². The SMILES string of the molecule is CC(C)(C)CC(Br)CNC(=O)C1Cc2ccccc2O1. The van der Waals surface area contributed by atoms with Gasteiger partial charge in [0.15, 0.2) is 6.10 Å². The van der Waals surface area contributed by atoms with Crippen molar-refractivity contribution < 1.29 is 9.53 Å². The molecule has 1 amide bonds. The number of nitrogens with one attached hydrogen (secondary N) is 1. The van der Waals surface area contributed by atoms with Crippen LogP contribution in [-0.4, -0.2) is 23.4 Å². The average Bonchev–Trinajstić information content (AvgIpc) is 2.77. The Morgan fingerprint density at radius 1 is 1.45 bits per heavy atom. The van der Waals surface area contributed by atoms with Gasteiger partial charge in [0.2, 0.25) is 0 Å². The minimum absolute atomic E-state index is 0.0282. The van der Waals surface area contributed by atoms with Crippen LogP contribution in [0.25, 0.3) is 0 Å². The highest BCUT2D eigenvalue weighted by Gasteiger charge is 2.29. The molecule has 0 saturated carbocycles. The van der Waals surface area contributed by atoms with Gasteiger partial charge in [-0.25, -0.2) is 0 Å². The first-order chi connectivity index (χ1) is 9.35. The van der Waals surface area contributed by atoms with Crippen LogP contribution < -0.4 is 10.1 Å². The van der Waals surface area contributed by atoms with Crippen LogP contribution in [0.4, 0.5) is 0 Å². The van der Waals surface area contributed by atoms with Crippen molar-refractivity contribution >= 4 is 21.8 Å². The number of amides is 1. The molecule has 0 fully saturated rings. The number of hydrogen-bond donors (Lipinski definition) is 1. The predicted octanol–water partition coefficient (Wildman–Crippen LogP) is 3.31. The summed E-state index contributed by atoms with van der Waals surface area (Å²) in [6, 6.07) is 7.82. The Kier molecular flexibility index (Phi) is 4.74. The van der Waals surface area contributed by atoms with Gasteiger partial charge in [0.25, 0.3) is 5.91 Å². The minimum Gasteiger partial charge on any atom is -0.480 e. The van der Waals surface area contributed by atoms with Gasteiger partial charge in [-0.05, 0) is 23.5 Å². The van der Waals surface area contributed by atoms with Crippen LogP contribution >= 0.6 is 15.9 Å². The van der Waals surface area contributed by atoms with E-state index in [4.69, 9.17) is 4.74 Å². The topological polar surface area (TPSA) is 38.3 Å². The Morgan fingerprint density at radius 3 is 2.80 bits per heavy atom. The van der Waals surface area contributed by atoms with Crippen LogP contribution in [0.1, 0.15) is 32.8 Å². The van der Waals surface area contributed by atoms with Crippen molar-refractivity contribution in [3.63, 3.8) is 0 Å². The largest absolute Gasteiger partial charge is 0.480 e. The highest BCUT2D eigenvalue weighted by atomic mass is 79.9. The molecule has 20 heavy (non-hydrogen) atoms. The first kappa shape index (κ1) is 15.4. The Morgan fingerprint density at radius 2 is 2.15 bits per heavy atom. The molecule has 2 rings (SSSR count). The summed E-state index contributed by atoms with van der Waals surface area (Å²) in [5.74, 6) is 0.803. The van der Waals surface area contributed by atoms with Crippen molar-refractivity contribution in [2.24, 2.45) is 5.41 Å². The van der Waals surface area contributed by atoms with E-state index in [0.717, 1.165) is 17.7 Å². The van der Waals surface area contributed by atoms with Gasteiger partial charge in [0.05, 0.1) is 0 Å². The second-order valence-electron chi connectivity index (χ2n) is 6.53. The monoisotopic (exact) mass is 339 g/mol. The molecule has 2 unspecified atom stereocenters. The maximum atomic E-state index is 12.1. The van der Waals surface area contributed by atoms with E-state index in [2.05, 4.69) is 42.0 Å². The average molecular weight is 340 g/mol. The number of ether oxygens (including phenoxy) is 1. The van der Waals surface area contributed by atoms with Crippen LogP contribution in [0, 0.1) is 5.41 Å². The molecular weight excluding hydrogens is 318 g/mol. The molecule has 110 valence electrons. The fourth-order valence-corrected chi connectivity index (χ4v) is 3.52. The number of alkyl halides is 1. The molecule has 4 heteroatoms. The Hall–Kier alpha value is -1.03. The lowest BCUT2D eigenvalue weighted by Gasteiger charge is -2.22. The van der Waals surface area contributed by atoms with Gasteiger partial charge >= 0.3 is 0 Å². The second-order valence-corrected chi connectivity index (χ2v) is 7.82. The number of para-hydroxylation sites is 1. The lowest BCUT2D eigenvalue weighted by Crippen LogP contribution is -2.40. The zero-order valence-electron chi connectivity index (χ0n) is 12.3. The predicted molar refractivity (Wildman–Crippen MR) is 84.4 cm³/mol. The number of carbonyl (C=O) groups excluding carboxylic acids is 1. The minimum atomic E-state index is -0.387. The standard InChI is InChI=1S/C16H22BrNO2/c1-16(2,3)9-12(17)10-18-15(19)14-8-11-6-4-5-7-13(11)20-14/h4-7,12,14H,8-10H2,1-3H3,(H,18,19). The number of hydrogen-bond acceptors (Lipinski definition) is 2. The van der Waals surface area contributed by atoms with Gasteiger partial charge in [-0.15, -0.1) is 0 Å². The first-order valence-corrected chi connectivity index (χ1v) is 7.93. The fraction of sp³-hybridized carbons (Fsp3) is 0.562. The number of carbonyl (C=O) groups is 1. The van der Waals surface area contributed by atoms with Crippen LogP contribution in [0.5, 0.6) is 5.75 Å². The van der Waals surface area contributed by atoms with E-state index in [1.807, 2.05) is 24.3 Å². The molecule has 1 aliphatic heterocycles. The molecule has 0 bridgehead atoms. The number of benzene rings is 1. The molecule has 3 nitrogen and oxygen atoms in total. The molecule has 0 spiro atoms. The Bertz CT molecular complexity index is 457. The van der Waals surface area contributed by atoms with Crippen molar-refractivity contribution in [2.75, 3.05) is 6.54 Å². The maximum Gasteiger partial charge on any atom is 0.261 e. The molecule has 1 aromatic rings. The van der Waals surface area contributed by atoms with E-state index < -0.39 is 0 Å². The van der Waals surface area contributed by atoms with E-state index in [1.54, 1.807) is 0 Å². The Labute approximate surface area is 129 Å². The summed E-state index contributed by atoms with van der Waals surface area (Å²) in [6.45, 7) is 7.21. The van der Waals surface area contributed by atoms with Crippen LogP contribution in [-0.2, 0) is 11.2 Å². The molecule has 0 saturated heterocycles. The summed E-state index contributed by atoms with van der Waals surface area (Å²) < 4.78 is 5.67. The number of halogens is 1. The number of rotatable bonds is 4. The zero-order chi connectivity index (χ0) is 14.8. The molecule has 1 aromatic carbocycles. The van der Waals surface area contributed by atoms with Gasteiger partial charge in [-0.2, -0.15) is 0 Å². The van der Waals surface area contributed by atoms with E-state index in [0.29, 0.717) is 13.0 Å². The third kappa shape index (κ3) is 4.23. The number of fused-ring (bicyclic) bond motifs is 1. The van der Waals surface area contributed by atoms with E-state index in [9.17, 15) is 4.79 Å². The highest BCUT2D eigenvalue weighted by Crippen LogP contribution is 2.28. The summed E-state index contributed by atoms with van der Waals surface area (Å²) in [6.07, 6.45) is 1.29. The van der Waals surface area contributed by atoms with E-state index in [-0.39, 0.29) is 22.3 Å². The van der Waals surface area contributed by atoms with Crippen molar-refractivity contribution in [1.82, 2.24) is 5.32 Å². The summed E-state index contributed by atoms with van der Waals surface area (Å²) in [7, 11) is 0. The Balaban J connectivity index is 1.80. The summed E-state index contributed by atoms with van der Waals surface area (Å²) >= 11 is 3.62. The fourth-order valence-electron chi connectivity index (χ4n) is 2.39. The van der Waals surface area contributed by atoms with Crippen LogP contribution in [0.15, 0.2) is 24.3 Å². The molecular formula is C16H22BrNO2. The van der Waals surface area contributed by atoms with Crippen molar-refractivity contribution in [1.29, 1.82) is 0 Å². The quantitative estimate of drug-likeness (QED) is 0.854. The third-order valence-electron chi connectivity index (χ3n) is 3.27. The molecule has 2 atom stereocenters. The third-order valence-corrected chi connectivity index (χ3v) is 3.92. The summed E-state index contributed by atoms with van der Waals surface area (Å²) in [5, 5.41) is 2.97. The molecule has 0 aromatic heterocycles. The van der Waals surface area contributed by atoms with Crippen molar-refractivity contribution in [2.45, 2.75) is 44.5 Å². The molecule has 1 N–H and O–H groups in total. The van der Waals surface area contributed by atoms with Crippen LogP contribution in [0.3, 0.4) is 0 Å². The van der Waals surface area contributed by atoms with Gasteiger partial charge in [-0.3, -0.25) is 4.79 Å². The van der Waals surface area contributed by atoms with Crippen molar-refractivity contribution in [3.8, 4) is 5.75 Å². The summed E-state index contributed by atoms with van der Waals surface area (Å²) in [4.78, 5) is 12.4. The molecule has 0 aliphatic carbocycles. The van der Waals surface area contributed by atoms with Crippen LogP contribution in [0.2, 0.25) is 0 Å². The normalized spacial score (nSPS) is 19.1. The van der Waals surface area contributed by atoms with Crippen molar-refractivity contribution in [3.05, 3.63) is 29.8 Å². The first-order valence-electron chi connectivity index (χ1n) is 7.01. The van der Waals surface area contributed by atoms with Gasteiger partial charge in [-0.1, -0.05) is 54.9 Å². The molecule has 1 heterocycles. The second kappa shape index (κ2) is 6.17. The lowest BCUT2D eigenvalue weighted by atomic mass is 9.90. The molecule has 1 aliphatic rings.